The number of carbonyl (C=O) groups excluding carboxylic acids is 1. The van der Waals surface area contributed by atoms with E-state index in [1.54, 1.807) is 20.1 Å². The average molecular weight is 1010 g/mol. The molecule has 0 amide bonds. The van der Waals surface area contributed by atoms with Crippen LogP contribution in [0.25, 0.3) is 32.1 Å². The summed E-state index contributed by atoms with van der Waals surface area (Å²) in [5.41, 5.74) is 5.03. The van der Waals surface area contributed by atoms with Crippen LogP contribution in [0.2, 0.25) is 51.4 Å². The molecule has 0 saturated heterocycles. The van der Waals surface area contributed by atoms with E-state index >= 15 is 0 Å². The van der Waals surface area contributed by atoms with Crippen molar-refractivity contribution in [2.24, 2.45) is 11.8 Å². The van der Waals surface area contributed by atoms with Crippen LogP contribution in [-0.4, -0.2) is 40.1 Å². The van der Waals surface area contributed by atoms with Crippen molar-refractivity contribution in [1.29, 1.82) is 0 Å². The molecule has 3 nitrogen and oxygen atoms in total. The molecular formula is C49H68IrNO2SSi3-. The van der Waals surface area contributed by atoms with Crippen LogP contribution in [0.15, 0.2) is 72.6 Å². The molecule has 8 heteroatoms. The first-order valence-corrected chi connectivity index (χ1v) is 31.4. The molecule has 1 N–H and O–H groups in total. The Kier molecular flexibility index (Phi) is 15.3. The second kappa shape index (κ2) is 18.4. The Morgan fingerprint density at radius 2 is 1.47 bits per heavy atom. The number of allylic oxidation sites excluding steroid dienone is 2. The number of benzene rings is 3. The van der Waals surface area contributed by atoms with Crippen LogP contribution in [0.5, 0.6) is 0 Å². The first-order chi connectivity index (χ1) is 26.2. The van der Waals surface area contributed by atoms with Gasteiger partial charge in [0.15, 0.2) is 5.78 Å². The number of rotatable bonds is 10. The first kappa shape index (κ1) is 47.2. The van der Waals surface area contributed by atoms with Crippen molar-refractivity contribution in [3.63, 3.8) is 0 Å². The Bertz CT molecular complexity index is 2240. The number of ketones is 1. The Labute approximate surface area is 365 Å². The number of aromatic nitrogens is 1. The van der Waals surface area contributed by atoms with Gasteiger partial charge in [0.05, 0.1) is 21.9 Å². The fraction of sp³-hybridized carbons (Fsp3) is 0.469. The quantitative estimate of drug-likeness (QED) is 0.0656. The molecule has 1 aliphatic rings. The van der Waals surface area contributed by atoms with E-state index in [0.29, 0.717) is 0 Å². The summed E-state index contributed by atoms with van der Waals surface area (Å²) < 4.78 is 2.90. The summed E-state index contributed by atoms with van der Waals surface area (Å²) in [6, 6.07) is 27.7. The number of aryl methyl sites for hydroxylation is 1. The number of thiophene rings is 1. The van der Waals surface area contributed by atoms with Gasteiger partial charge in [-0.15, -0.1) is 29.1 Å². The van der Waals surface area contributed by atoms with E-state index in [1.807, 2.05) is 45.2 Å². The SMILES string of the molecule is CCC(CC)C(=O)/C=C(\O)C(CC)CC.Cc1c([Si](C)(C)c2ccc3c(c2)[Si](C)(C)CC[Si]3(C)C)sc2c(-c3[c-]c4ccccc4c(C(C)(C)C)c3)nccc12.[Ir]. The predicted molar refractivity (Wildman–Crippen MR) is 256 cm³/mol. The number of hydrogen-bond acceptors (Lipinski definition) is 4. The summed E-state index contributed by atoms with van der Waals surface area (Å²) in [6.45, 7) is 32.8. The number of hydrogen-bond donors (Lipinski definition) is 1. The van der Waals surface area contributed by atoms with Gasteiger partial charge in [-0.3, -0.25) is 9.78 Å². The standard InChI is InChI=1S/C36H44NSSi3.C13H24O2.Ir/c1-24-28-17-18-37-33(26-21-25-13-11-12-14-29(25)30(22-26)36(2,3)4)34(28)38-35(24)41(9,10)27-15-16-31-32(23-27)40(7,8)20-19-39(31,5)6;1-5-10(6-2)12(14)9-13(15)11(7-3)8-4;/h11-18,22-23H,19-20H2,1-10H3;9-11,14H,5-8H2,1-4H3;/q-1;;/b;12-9-;. The number of pyridine rings is 1. The van der Waals surface area contributed by atoms with Crippen molar-refractivity contribution < 1.29 is 30.0 Å². The average Bonchev–Trinajstić information content (AvgIpc) is 3.51. The molecule has 3 heterocycles. The molecule has 0 aliphatic carbocycles. The van der Waals surface area contributed by atoms with Gasteiger partial charge >= 0.3 is 0 Å². The van der Waals surface area contributed by atoms with Gasteiger partial charge in [0.25, 0.3) is 0 Å². The van der Waals surface area contributed by atoms with Crippen LogP contribution < -0.4 is 20.1 Å². The Morgan fingerprint density at radius 3 is 2.07 bits per heavy atom. The minimum atomic E-state index is -1.94. The molecule has 0 saturated carbocycles. The van der Waals surface area contributed by atoms with Crippen molar-refractivity contribution in [1.82, 2.24) is 4.98 Å². The summed E-state index contributed by atoms with van der Waals surface area (Å²) in [7, 11) is -4.69. The molecule has 0 spiro atoms. The molecule has 57 heavy (non-hydrogen) atoms. The number of aliphatic hydroxyl groups excluding tert-OH is 1. The van der Waals surface area contributed by atoms with Crippen molar-refractivity contribution in [2.75, 3.05) is 0 Å². The van der Waals surface area contributed by atoms with Crippen LogP contribution in [0, 0.1) is 24.8 Å². The van der Waals surface area contributed by atoms with Crippen LogP contribution in [0.4, 0.5) is 0 Å². The van der Waals surface area contributed by atoms with Gasteiger partial charge in [-0.2, -0.15) is 11.3 Å². The number of fused-ring (bicyclic) bond motifs is 3. The van der Waals surface area contributed by atoms with E-state index in [2.05, 4.69) is 128 Å². The molecule has 309 valence electrons. The van der Waals surface area contributed by atoms with Gasteiger partial charge in [0.1, 0.15) is 8.07 Å². The van der Waals surface area contributed by atoms with Crippen LogP contribution in [0.1, 0.15) is 85.3 Å². The normalized spacial score (nSPS) is 15.3. The molecule has 3 aromatic carbocycles. The summed E-state index contributed by atoms with van der Waals surface area (Å²) in [6.07, 6.45) is 6.92. The largest absolute Gasteiger partial charge is 0.512 e. The third kappa shape index (κ3) is 9.79. The molecule has 1 radical (unpaired) electrons. The minimum absolute atomic E-state index is 0. The zero-order valence-electron chi connectivity index (χ0n) is 37.3. The molecule has 0 fully saturated rings. The van der Waals surface area contributed by atoms with Crippen LogP contribution in [-0.2, 0) is 30.3 Å². The maximum Gasteiger partial charge on any atom is 0.162 e. The molecule has 1 aliphatic heterocycles. The Balaban J connectivity index is 0.000000385. The van der Waals surface area contributed by atoms with Crippen molar-refractivity contribution >= 4 is 82.3 Å². The van der Waals surface area contributed by atoms with E-state index in [4.69, 9.17) is 4.98 Å². The zero-order chi connectivity index (χ0) is 41.4. The maximum atomic E-state index is 11.7. The van der Waals surface area contributed by atoms with Gasteiger partial charge in [-0.25, -0.2) is 0 Å². The van der Waals surface area contributed by atoms with Gasteiger partial charge in [0.2, 0.25) is 0 Å². The summed E-state index contributed by atoms with van der Waals surface area (Å²) >= 11 is 2.00. The Morgan fingerprint density at radius 1 is 0.877 bits per heavy atom. The van der Waals surface area contributed by atoms with Gasteiger partial charge in [0, 0.05) is 54.6 Å². The predicted octanol–water partition coefficient (Wildman–Crippen LogP) is 12.1. The Hall–Kier alpha value is -2.46. The number of nitrogens with zero attached hydrogens (tertiary/aromatic N) is 1. The van der Waals surface area contributed by atoms with E-state index in [9.17, 15) is 9.90 Å². The van der Waals surface area contributed by atoms with Crippen LogP contribution >= 0.6 is 11.3 Å². The number of aliphatic hydroxyl groups is 1. The van der Waals surface area contributed by atoms with E-state index in [-0.39, 0.29) is 48.9 Å². The maximum absolute atomic E-state index is 11.7. The van der Waals surface area contributed by atoms with Gasteiger partial charge in [-0.05, 0) is 59.5 Å². The monoisotopic (exact) mass is 1010 g/mol. The second-order valence-electron chi connectivity index (χ2n) is 19.1. The molecule has 0 unspecified atom stereocenters. The number of carbonyl (C=O) groups is 1. The van der Waals surface area contributed by atoms with Crippen molar-refractivity contribution in [3.8, 4) is 11.3 Å². The van der Waals surface area contributed by atoms with Gasteiger partial charge < -0.3 is 5.11 Å². The van der Waals surface area contributed by atoms with E-state index in [0.717, 1.165) is 36.9 Å². The molecule has 2 aromatic heterocycles. The fourth-order valence-corrected chi connectivity index (χ4v) is 24.3. The molecule has 0 atom stereocenters. The van der Waals surface area contributed by atoms with Crippen LogP contribution in [0.3, 0.4) is 0 Å². The summed E-state index contributed by atoms with van der Waals surface area (Å²) in [5.74, 6) is 0.547. The minimum Gasteiger partial charge on any atom is -0.512 e. The van der Waals surface area contributed by atoms with E-state index < -0.39 is 24.2 Å². The molecule has 6 rings (SSSR count). The molecule has 0 bridgehead atoms. The third-order valence-electron chi connectivity index (χ3n) is 12.9. The zero-order valence-corrected chi connectivity index (χ0v) is 43.5. The van der Waals surface area contributed by atoms with Gasteiger partial charge in [-0.1, -0.05) is 163 Å². The molecule has 5 aromatic rings. The first-order valence-electron chi connectivity index (χ1n) is 21.2. The second-order valence-corrected chi connectivity index (χ2v) is 34.5. The topological polar surface area (TPSA) is 50.2 Å². The molecular weight excluding hydrogens is 943 g/mol. The van der Waals surface area contributed by atoms with E-state index in [1.165, 1.54) is 50.1 Å². The van der Waals surface area contributed by atoms with Crippen molar-refractivity contribution in [2.45, 2.75) is 138 Å². The smallest absolute Gasteiger partial charge is 0.162 e. The third-order valence-corrected chi connectivity index (χ3v) is 26.7. The summed E-state index contributed by atoms with van der Waals surface area (Å²) in [5, 5.41) is 18.7. The summed E-state index contributed by atoms with van der Waals surface area (Å²) in [4.78, 5) is 16.7. The fourth-order valence-electron chi connectivity index (χ4n) is 8.80. The van der Waals surface area contributed by atoms with Crippen molar-refractivity contribution in [3.05, 3.63) is 89.8 Å².